The minimum Gasteiger partial charge on any atom is -0.255 e. The van der Waals surface area contributed by atoms with Gasteiger partial charge in [0, 0.05) is 28.5 Å². The maximum absolute atomic E-state index is 5.33. The molecule has 9 aromatic carbocycles. The second-order valence-electron chi connectivity index (χ2n) is 17.3. The van der Waals surface area contributed by atoms with Crippen molar-refractivity contribution in [2.75, 3.05) is 0 Å². The molecule has 0 amide bonds. The molecule has 11 aromatic rings. The van der Waals surface area contributed by atoms with Gasteiger partial charge in [-0.1, -0.05) is 199 Å². The van der Waals surface area contributed by atoms with E-state index in [1.165, 1.54) is 27.8 Å². The van der Waals surface area contributed by atoms with E-state index in [4.69, 9.17) is 19.9 Å². The molecule has 4 heteroatoms. The van der Waals surface area contributed by atoms with Crippen LogP contribution in [0.25, 0.3) is 112 Å². The Morgan fingerprint density at radius 3 is 0.971 bits per heavy atom. The van der Waals surface area contributed by atoms with Gasteiger partial charge in [0.2, 0.25) is 0 Å². The van der Waals surface area contributed by atoms with Crippen molar-refractivity contribution in [2.24, 2.45) is 0 Å². The first-order valence-corrected chi connectivity index (χ1v) is 23.0. The molecular formula is C64H46N4. The molecule has 0 saturated carbocycles. The van der Waals surface area contributed by atoms with Crippen molar-refractivity contribution < 1.29 is 0 Å². The molecule has 0 aliphatic rings. The van der Waals surface area contributed by atoms with Crippen molar-refractivity contribution in [3.63, 3.8) is 0 Å². The van der Waals surface area contributed by atoms with Gasteiger partial charge in [0.25, 0.3) is 0 Å². The van der Waals surface area contributed by atoms with Crippen LogP contribution in [-0.4, -0.2) is 19.9 Å². The fraction of sp³-hybridized carbons (Fsp3) is 0.0312. The third-order valence-corrected chi connectivity index (χ3v) is 12.4. The summed E-state index contributed by atoms with van der Waals surface area (Å²) in [5.74, 6) is 1.69. The molecule has 0 unspecified atom stereocenters. The number of benzene rings is 9. The van der Waals surface area contributed by atoms with Crippen LogP contribution >= 0.6 is 0 Å². The minimum atomic E-state index is 0.542. The number of hydrogen-bond donors (Lipinski definition) is 0. The summed E-state index contributed by atoms with van der Waals surface area (Å²) in [7, 11) is 0. The quantitative estimate of drug-likeness (QED) is 0.137. The van der Waals surface area contributed by atoms with Crippen LogP contribution in [-0.2, 0) is 0 Å². The lowest BCUT2D eigenvalue weighted by molar-refractivity contribution is 1.07. The number of aromatic nitrogens is 4. The Labute approximate surface area is 398 Å². The van der Waals surface area contributed by atoms with Gasteiger partial charge in [-0.15, -0.1) is 0 Å². The van der Waals surface area contributed by atoms with E-state index in [-0.39, 0.29) is 0 Å². The maximum atomic E-state index is 5.33. The van der Waals surface area contributed by atoms with Crippen molar-refractivity contribution in [2.45, 2.75) is 13.8 Å². The van der Waals surface area contributed by atoms with Gasteiger partial charge in [0.05, 0.1) is 5.69 Å². The van der Waals surface area contributed by atoms with Gasteiger partial charge in [0.15, 0.2) is 17.5 Å². The van der Waals surface area contributed by atoms with Gasteiger partial charge in [-0.3, -0.25) is 4.98 Å². The molecule has 0 bridgehead atoms. The average Bonchev–Trinajstić information content (AvgIpc) is 3.41. The Hall–Kier alpha value is -8.86. The second kappa shape index (κ2) is 18.6. The first-order chi connectivity index (χ1) is 33.5. The Kier molecular flexibility index (Phi) is 11.4. The number of rotatable bonds is 10. The zero-order chi connectivity index (χ0) is 45.8. The van der Waals surface area contributed by atoms with Crippen molar-refractivity contribution in [3.05, 3.63) is 254 Å². The normalized spacial score (nSPS) is 11.1. The largest absolute Gasteiger partial charge is 0.255 e. The summed E-state index contributed by atoms with van der Waals surface area (Å²) < 4.78 is 0. The lowest BCUT2D eigenvalue weighted by Gasteiger charge is -2.14. The summed E-state index contributed by atoms with van der Waals surface area (Å²) >= 11 is 0. The number of aryl methyl sites for hydroxylation is 2. The standard InChI is InChI=1S/C64H46N4/c1-43-33-44(2)35-56(34-43)60-26-16-15-25-59(60)49-27-29-50(30-28-49)61-32-31-51(42-65-61)62-66-63(57-38-52(45-17-7-3-8-18-45)36-53(39-57)46-19-9-4-10-20-46)68-64(67-62)58-40-54(47-21-11-5-12-22-47)37-55(41-58)48-23-13-6-14-24-48/h3-42H,1-2H3. The molecule has 322 valence electrons. The summed E-state index contributed by atoms with van der Waals surface area (Å²) in [6.07, 6.45) is 1.88. The molecule has 0 atom stereocenters. The van der Waals surface area contributed by atoms with E-state index >= 15 is 0 Å². The Balaban J connectivity index is 1.02. The van der Waals surface area contributed by atoms with Gasteiger partial charge in [0.1, 0.15) is 0 Å². The highest BCUT2D eigenvalue weighted by Crippen LogP contribution is 2.37. The van der Waals surface area contributed by atoms with Gasteiger partial charge < -0.3 is 0 Å². The molecule has 0 fully saturated rings. The van der Waals surface area contributed by atoms with Crippen LogP contribution in [0.2, 0.25) is 0 Å². The third-order valence-electron chi connectivity index (χ3n) is 12.4. The zero-order valence-corrected chi connectivity index (χ0v) is 37.9. The predicted molar refractivity (Wildman–Crippen MR) is 281 cm³/mol. The molecule has 0 spiro atoms. The van der Waals surface area contributed by atoms with Crippen LogP contribution in [0.1, 0.15) is 11.1 Å². The van der Waals surface area contributed by atoms with Crippen molar-refractivity contribution in [1.29, 1.82) is 0 Å². The summed E-state index contributed by atoms with van der Waals surface area (Å²) in [5.41, 5.74) is 20.5. The molecule has 2 heterocycles. The van der Waals surface area contributed by atoms with E-state index < -0.39 is 0 Å². The molecule has 2 aromatic heterocycles. The van der Waals surface area contributed by atoms with Crippen LogP contribution in [0.3, 0.4) is 0 Å². The van der Waals surface area contributed by atoms with E-state index in [1.807, 2.05) is 30.5 Å². The summed E-state index contributed by atoms with van der Waals surface area (Å²) in [6, 6.07) is 83.4. The first kappa shape index (κ1) is 41.8. The van der Waals surface area contributed by atoms with Crippen molar-refractivity contribution in [3.8, 4) is 112 Å². The summed E-state index contributed by atoms with van der Waals surface area (Å²) in [4.78, 5) is 20.9. The van der Waals surface area contributed by atoms with E-state index in [2.05, 4.69) is 226 Å². The molecule has 0 aliphatic heterocycles. The van der Waals surface area contributed by atoms with Gasteiger partial charge in [-0.2, -0.15) is 0 Å². The molecule has 4 nitrogen and oxygen atoms in total. The van der Waals surface area contributed by atoms with Gasteiger partial charge in [-0.25, -0.2) is 15.0 Å². The fourth-order valence-corrected chi connectivity index (χ4v) is 9.10. The highest BCUT2D eigenvalue weighted by atomic mass is 15.0. The van der Waals surface area contributed by atoms with E-state index in [1.54, 1.807) is 0 Å². The molecule has 0 radical (unpaired) electrons. The Bertz CT molecular complexity index is 3250. The minimum absolute atomic E-state index is 0.542. The van der Waals surface area contributed by atoms with Crippen LogP contribution in [0, 0.1) is 13.8 Å². The smallest absolute Gasteiger partial charge is 0.165 e. The zero-order valence-electron chi connectivity index (χ0n) is 37.9. The lowest BCUT2D eigenvalue weighted by atomic mass is 9.92. The summed E-state index contributed by atoms with van der Waals surface area (Å²) in [6.45, 7) is 4.31. The van der Waals surface area contributed by atoms with Crippen LogP contribution in [0.4, 0.5) is 0 Å². The van der Waals surface area contributed by atoms with E-state index in [0.29, 0.717) is 17.5 Å². The van der Waals surface area contributed by atoms with Crippen molar-refractivity contribution >= 4 is 0 Å². The Morgan fingerprint density at radius 1 is 0.235 bits per heavy atom. The molecule has 0 N–H and O–H groups in total. The maximum Gasteiger partial charge on any atom is 0.165 e. The molecule has 0 saturated heterocycles. The van der Waals surface area contributed by atoms with Crippen LogP contribution in [0.15, 0.2) is 243 Å². The number of hydrogen-bond acceptors (Lipinski definition) is 4. The third kappa shape index (κ3) is 8.91. The van der Waals surface area contributed by atoms with E-state index in [0.717, 1.165) is 78.0 Å². The molecule has 11 rings (SSSR count). The SMILES string of the molecule is Cc1cc(C)cc(-c2ccccc2-c2ccc(-c3ccc(-c4nc(-c5cc(-c6ccccc6)cc(-c6ccccc6)c5)nc(-c5cc(-c6ccccc6)cc(-c6ccccc6)c5)n4)cn3)cc2)c1. The molecular weight excluding hydrogens is 825 g/mol. The van der Waals surface area contributed by atoms with Gasteiger partial charge >= 0.3 is 0 Å². The molecule has 0 aliphatic carbocycles. The summed E-state index contributed by atoms with van der Waals surface area (Å²) in [5, 5.41) is 0. The van der Waals surface area contributed by atoms with Crippen LogP contribution < -0.4 is 0 Å². The number of pyridine rings is 1. The van der Waals surface area contributed by atoms with Crippen molar-refractivity contribution in [1.82, 2.24) is 19.9 Å². The Morgan fingerprint density at radius 2 is 0.574 bits per heavy atom. The molecule has 68 heavy (non-hydrogen) atoms. The highest BCUT2D eigenvalue weighted by Gasteiger charge is 2.18. The van der Waals surface area contributed by atoms with Crippen LogP contribution in [0.5, 0.6) is 0 Å². The van der Waals surface area contributed by atoms with Gasteiger partial charge in [-0.05, 0) is 129 Å². The fourth-order valence-electron chi connectivity index (χ4n) is 9.10. The van der Waals surface area contributed by atoms with E-state index in [9.17, 15) is 0 Å². The lowest BCUT2D eigenvalue weighted by Crippen LogP contribution is -2.01. The average molecular weight is 871 g/mol. The topological polar surface area (TPSA) is 51.6 Å². The highest BCUT2D eigenvalue weighted by molar-refractivity contribution is 5.86. The number of nitrogens with zero attached hydrogens (tertiary/aromatic N) is 4. The first-order valence-electron chi connectivity index (χ1n) is 23.0. The second-order valence-corrected chi connectivity index (χ2v) is 17.3. The monoisotopic (exact) mass is 870 g/mol. The predicted octanol–water partition coefficient (Wildman–Crippen LogP) is 16.6.